The molecule has 10 heteroatoms. The summed E-state index contributed by atoms with van der Waals surface area (Å²) in [7, 11) is 5.09. The molecule has 2 heterocycles. The van der Waals surface area contributed by atoms with Crippen LogP contribution in [0.4, 0.5) is 0 Å². The minimum absolute atomic E-state index is 0.175. The second-order valence-electron chi connectivity index (χ2n) is 6.25. The van der Waals surface area contributed by atoms with Crippen LogP contribution in [-0.4, -0.2) is 51.4 Å². The number of hydrogen-bond acceptors (Lipinski definition) is 7. The average Bonchev–Trinajstić information content (AvgIpc) is 3.37. The quantitative estimate of drug-likeness (QED) is 0.320. The van der Waals surface area contributed by atoms with Crippen molar-refractivity contribution in [1.29, 1.82) is 0 Å². The Labute approximate surface area is 179 Å². The maximum atomic E-state index is 12.1. The number of hydrazone groups is 1. The lowest BCUT2D eigenvalue weighted by Gasteiger charge is -2.10. The van der Waals surface area contributed by atoms with E-state index in [1.165, 1.54) is 11.8 Å². The number of nitrogens with zero attached hydrogens (tertiary/aromatic N) is 5. The molecule has 0 atom stereocenters. The highest BCUT2D eigenvalue weighted by atomic mass is 32.2. The van der Waals surface area contributed by atoms with E-state index in [2.05, 4.69) is 20.7 Å². The molecule has 3 aromatic rings. The lowest BCUT2D eigenvalue weighted by molar-refractivity contribution is -0.118. The van der Waals surface area contributed by atoms with Crippen molar-refractivity contribution in [3.05, 3.63) is 42.2 Å². The summed E-state index contributed by atoms with van der Waals surface area (Å²) in [5, 5.41) is 13.2. The summed E-state index contributed by atoms with van der Waals surface area (Å²) in [5.74, 6) is 1.91. The Morgan fingerprint density at radius 1 is 1.23 bits per heavy atom. The molecule has 3 rings (SSSR count). The molecule has 1 N–H and O–H groups in total. The number of benzene rings is 1. The van der Waals surface area contributed by atoms with Gasteiger partial charge in [0.05, 0.1) is 31.9 Å². The SMILES string of the molecule is CCn1c(SCC(=O)N/N=C/c2cccn2C)nnc1-c1ccc(OC)c(OC)c1. The van der Waals surface area contributed by atoms with E-state index in [4.69, 9.17) is 9.47 Å². The van der Waals surface area contributed by atoms with E-state index in [9.17, 15) is 4.79 Å². The molecule has 0 unspecified atom stereocenters. The third-order valence-corrected chi connectivity index (χ3v) is 5.34. The Bertz CT molecular complexity index is 1040. The zero-order valence-electron chi connectivity index (χ0n) is 17.3. The van der Waals surface area contributed by atoms with Crippen molar-refractivity contribution in [2.24, 2.45) is 12.1 Å². The van der Waals surface area contributed by atoms with Gasteiger partial charge in [0.1, 0.15) is 0 Å². The summed E-state index contributed by atoms with van der Waals surface area (Å²) in [6.07, 6.45) is 3.51. The van der Waals surface area contributed by atoms with Crippen molar-refractivity contribution in [1.82, 2.24) is 24.8 Å². The second kappa shape index (κ2) is 9.97. The smallest absolute Gasteiger partial charge is 0.250 e. The van der Waals surface area contributed by atoms with Crippen LogP contribution < -0.4 is 14.9 Å². The Hall–Kier alpha value is -3.27. The fourth-order valence-electron chi connectivity index (χ4n) is 2.81. The van der Waals surface area contributed by atoms with Crippen LogP contribution >= 0.6 is 11.8 Å². The highest BCUT2D eigenvalue weighted by molar-refractivity contribution is 7.99. The van der Waals surface area contributed by atoms with Crippen LogP contribution in [0.15, 0.2) is 46.8 Å². The Balaban J connectivity index is 1.66. The summed E-state index contributed by atoms with van der Waals surface area (Å²) < 4.78 is 14.5. The molecule has 0 bridgehead atoms. The van der Waals surface area contributed by atoms with Crippen LogP contribution in [0.25, 0.3) is 11.4 Å². The van der Waals surface area contributed by atoms with Crippen LogP contribution in [-0.2, 0) is 18.4 Å². The molecule has 2 aromatic heterocycles. The molecule has 1 aromatic carbocycles. The van der Waals surface area contributed by atoms with Crippen molar-refractivity contribution in [3.63, 3.8) is 0 Å². The topological polar surface area (TPSA) is 95.6 Å². The zero-order chi connectivity index (χ0) is 21.5. The number of aromatic nitrogens is 4. The third-order valence-electron chi connectivity index (χ3n) is 4.38. The second-order valence-corrected chi connectivity index (χ2v) is 7.19. The van der Waals surface area contributed by atoms with Gasteiger partial charge < -0.3 is 18.6 Å². The van der Waals surface area contributed by atoms with E-state index in [0.717, 1.165) is 11.3 Å². The van der Waals surface area contributed by atoms with Gasteiger partial charge in [0, 0.05) is 25.4 Å². The Kier molecular flexibility index (Phi) is 7.12. The number of thioether (sulfide) groups is 1. The first-order valence-corrected chi connectivity index (χ1v) is 10.3. The fraction of sp³-hybridized carbons (Fsp3) is 0.300. The number of rotatable bonds is 9. The van der Waals surface area contributed by atoms with Crippen LogP contribution in [0.1, 0.15) is 12.6 Å². The van der Waals surface area contributed by atoms with Gasteiger partial charge in [-0.3, -0.25) is 4.79 Å². The molecule has 0 aliphatic carbocycles. The number of hydrogen-bond donors (Lipinski definition) is 1. The molecule has 0 saturated carbocycles. The normalized spacial score (nSPS) is 11.1. The number of methoxy groups -OCH3 is 2. The van der Waals surface area contributed by atoms with Crippen LogP contribution in [0.3, 0.4) is 0 Å². The van der Waals surface area contributed by atoms with Crippen molar-refractivity contribution in [2.75, 3.05) is 20.0 Å². The van der Waals surface area contributed by atoms with Gasteiger partial charge >= 0.3 is 0 Å². The first-order valence-electron chi connectivity index (χ1n) is 9.29. The van der Waals surface area contributed by atoms with Crippen LogP contribution in [0.2, 0.25) is 0 Å². The molecule has 1 amide bonds. The van der Waals surface area contributed by atoms with Gasteiger partial charge in [0.15, 0.2) is 22.5 Å². The summed E-state index contributed by atoms with van der Waals surface area (Å²) in [4.78, 5) is 12.1. The average molecular weight is 429 g/mol. The molecule has 0 fully saturated rings. The van der Waals surface area contributed by atoms with E-state index in [0.29, 0.717) is 29.0 Å². The highest BCUT2D eigenvalue weighted by Gasteiger charge is 2.16. The minimum Gasteiger partial charge on any atom is -0.493 e. The number of carbonyl (C=O) groups excluding carboxylic acids is 1. The van der Waals surface area contributed by atoms with Gasteiger partial charge in [-0.25, -0.2) is 5.43 Å². The molecular weight excluding hydrogens is 404 g/mol. The van der Waals surface area contributed by atoms with E-state index in [1.54, 1.807) is 20.4 Å². The predicted molar refractivity (Wildman–Crippen MR) is 116 cm³/mol. The molecular formula is C20H24N6O3S. The van der Waals surface area contributed by atoms with Gasteiger partial charge in [-0.1, -0.05) is 11.8 Å². The molecule has 9 nitrogen and oxygen atoms in total. The molecule has 0 aliphatic heterocycles. The number of carbonyl (C=O) groups is 1. The maximum absolute atomic E-state index is 12.1. The van der Waals surface area contributed by atoms with Gasteiger partial charge in [0.2, 0.25) is 0 Å². The van der Waals surface area contributed by atoms with Crippen molar-refractivity contribution in [3.8, 4) is 22.9 Å². The number of amides is 1. The fourth-order valence-corrected chi connectivity index (χ4v) is 3.61. The van der Waals surface area contributed by atoms with Gasteiger partial charge in [0.25, 0.3) is 5.91 Å². The maximum Gasteiger partial charge on any atom is 0.250 e. The van der Waals surface area contributed by atoms with Crippen LogP contribution in [0.5, 0.6) is 11.5 Å². The minimum atomic E-state index is -0.219. The van der Waals surface area contributed by atoms with Gasteiger partial charge in [-0.05, 0) is 37.3 Å². The van der Waals surface area contributed by atoms with E-state index < -0.39 is 0 Å². The number of nitrogens with one attached hydrogen (secondary N) is 1. The third kappa shape index (κ3) is 4.82. The van der Waals surface area contributed by atoms with Gasteiger partial charge in [-0.15, -0.1) is 10.2 Å². The summed E-state index contributed by atoms with van der Waals surface area (Å²) in [5.41, 5.74) is 4.28. The number of ether oxygens (including phenoxy) is 2. The molecule has 30 heavy (non-hydrogen) atoms. The lowest BCUT2D eigenvalue weighted by Crippen LogP contribution is -2.20. The molecule has 0 aliphatic rings. The lowest BCUT2D eigenvalue weighted by atomic mass is 10.2. The van der Waals surface area contributed by atoms with Crippen LogP contribution in [0, 0.1) is 0 Å². The Morgan fingerprint density at radius 2 is 2.03 bits per heavy atom. The Morgan fingerprint density at radius 3 is 2.70 bits per heavy atom. The summed E-state index contributed by atoms with van der Waals surface area (Å²) in [6.45, 7) is 2.66. The summed E-state index contributed by atoms with van der Waals surface area (Å²) in [6, 6.07) is 9.40. The number of aryl methyl sites for hydroxylation is 1. The zero-order valence-corrected chi connectivity index (χ0v) is 18.1. The van der Waals surface area contributed by atoms with E-state index in [1.807, 2.05) is 59.6 Å². The molecule has 0 spiro atoms. The largest absolute Gasteiger partial charge is 0.493 e. The monoisotopic (exact) mass is 428 g/mol. The molecule has 0 radical (unpaired) electrons. The van der Waals surface area contributed by atoms with E-state index >= 15 is 0 Å². The van der Waals surface area contributed by atoms with Crippen molar-refractivity contribution in [2.45, 2.75) is 18.6 Å². The summed E-state index contributed by atoms with van der Waals surface area (Å²) >= 11 is 1.31. The van der Waals surface area contributed by atoms with Crippen molar-refractivity contribution < 1.29 is 14.3 Å². The standard InChI is InChI=1S/C20H24N6O3S/c1-5-26-19(14-8-9-16(28-3)17(11-14)29-4)23-24-20(26)30-13-18(27)22-21-12-15-7-6-10-25(15)2/h6-12H,5,13H2,1-4H3,(H,22,27)/b21-12+. The van der Waals surface area contributed by atoms with Gasteiger partial charge in [-0.2, -0.15) is 5.10 Å². The predicted octanol–water partition coefficient (Wildman–Crippen LogP) is 2.56. The molecule has 0 saturated heterocycles. The molecule has 158 valence electrons. The van der Waals surface area contributed by atoms with E-state index in [-0.39, 0.29) is 11.7 Å². The van der Waals surface area contributed by atoms with Crippen molar-refractivity contribution >= 4 is 23.9 Å². The first-order chi connectivity index (χ1) is 14.6. The highest BCUT2D eigenvalue weighted by Crippen LogP contribution is 2.32. The first kappa shape index (κ1) is 21.4.